The van der Waals surface area contributed by atoms with E-state index in [1.165, 1.54) is 12.8 Å². The Balaban J connectivity index is 1.96. The molecular weight excluding hydrogens is 228 g/mol. The van der Waals surface area contributed by atoms with Gasteiger partial charge in [0.2, 0.25) is 5.91 Å². The Bertz CT molecular complexity index is 416. The van der Waals surface area contributed by atoms with E-state index in [-0.39, 0.29) is 11.9 Å². The lowest BCUT2D eigenvalue weighted by molar-refractivity contribution is -0.117. The maximum atomic E-state index is 12.0. The molecule has 1 aromatic carbocycles. The zero-order chi connectivity index (χ0) is 13.0. The van der Waals surface area contributed by atoms with Crippen molar-refractivity contribution in [1.29, 1.82) is 0 Å². The predicted octanol–water partition coefficient (Wildman–Crippen LogP) is 2.16. The lowest BCUT2D eigenvalue weighted by Crippen LogP contribution is -2.39. The summed E-state index contributed by atoms with van der Waals surface area (Å²) in [5.41, 5.74) is 0.730. The van der Waals surface area contributed by atoms with Gasteiger partial charge in [-0.15, -0.1) is 0 Å². The summed E-state index contributed by atoms with van der Waals surface area (Å²) >= 11 is 0. The fourth-order valence-corrected chi connectivity index (χ4v) is 1.77. The molecule has 98 valence electrons. The van der Waals surface area contributed by atoms with Crippen LogP contribution < -0.4 is 15.4 Å². The highest BCUT2D eigenvalue weighted by atomic mass is 16.5. The molecule has 4 nitrogen and oxygen atoms in total. The summed E-state index contributed by atoms with van der Waals surface area (Å²) in [6.45, 7) is 4.40. The minimum absolute atomic E-state index is 0.0194. The Kier molecular flexibility index (Phi) is 4.20. The van der Waals surface area contributed by atoms with Crippen molar-refractivity contribution in [2.45, 2.75) is 38.8 Å². The Labute approximate surface area is 108 Å². The van der Waals surface area contributed by atoms with Gasteiger partial charge in [-0.05, 0) is 38.8 Å². The zero-order valence-electron chi connectivity index (χ0n) is 10.9. The predicted molar refractivity (Wildman–Crippen MR) is 71.9 cm³/mol. The number of anilines is 1. The first-order chi connectivity index (χ1) is 8.70. The van der Waals surface area contributed by atoms with Crippen molar-refractivity contribution < 1.29 is 9.53 Å². The van der Waals surface area contributed by atoms with Gasteiger partial charge < -0.3 is 15.4 Å². The minimum atomic E-state index is -0.174. The maximum absolute atomic E-state index is 12.0. The summed E-state index contributed by atoms with van der Waals surface area (Å²) < 4.78 is 5.48. The molecule has 0 radical (unpaired) electrons. The standard InChI is InChI=1S/C14H20N2O2/c1-3-18-13-7-5-4-6-12(13)16-14(17)10(2)15-11-8-9-11/h4-7,10-11,15H,3,8-9H2,1-2H3,(H,16,17). The quantitative estimate of drug-likeness (QED) is 0.811. The van der Waals surface area contributed by atoms with Gasteiger partial charge in [-0.3, -0.25) is 4.79 Å². The number of carbonyl (C=O) groups excluding carboxylic acids is 1. The van der Waals surface area contributed by atoms with Gasteiger partial charge >= 0.3 is 0 Å². The summed E-state index contributed by atoms with van der Waals surface area (Å²) in [7, 11) is 0. The monoisotopic (exact) mass is 248 g/mol. The molecule has 4 heteroatoms. The molecule has 1 aliphatic carbocycles. The van der Waals surface area contributed by atoms with E-state index >= 15 is 0 Å². The first-order valence-corrected chi connectivity index (χ1v) is 6.49. The van der Waals surface area contributed by atoms with E-state index < -0.39 is 0 Å². The highest BCUT2D eigenvalue weighted by molar-refractivity contribution is 5.95. The molecule has 1 aromatic rings. The topological polar surface area (TPSA) is 50.4 Å². The van der Waals surface area contributed by atoms with E-state index in [4.69, 9.17) is 4.74 Å². The van der Waals surface area contributed by atoms with Crippen LogP contribution in [0.25, 0.3) is 0 Å². The van der Waals surface area contributed by atoms with Crippen LogP contribution in [-0.4, -0.2) is 24.6 Å². The van der Waals surface area contributed by atoms with E-state index in [1.54, 1.807) is 0 Å². The molecule has 18 heavy (non-hydrogen) atoms. The summed E-state index contributed by atoms with van der Waals surface area (Å²) in [6, 6.07) is 7.84. The normalized spacial score (nSPS) is 16.1. The molecule has 0 aromatic heterocycles. The third kappa shape index (κ3) is 3.47. The summed E-state index contributed by atoms with van der Waals surface area (Å²) in [6.07, 6.45) is 2.35. The van der Waals surface area contributed by atoms with Crippen molar-refractivity contribution in [2.75, 3.05) is 11.9 Å². The fraction of sp³-hybridized carbons (Fsp3) is 0.500. The second-order valence-corrected chi connectivity index (χ2v) is 4.58. The molecule has 1 saturated carbocycles. The lowest BCUT2D eigenvalue weighted by Gasteiger charge is -2.15. The summed E-state index contributed by atoms with van der Waals surface area (Å²) in [4.78, 5) is 12.0. The third-order valence-electron chi connectivity index (χ3n) is 2.90. The largest absolute Gasteiger partial charge is 0.492 e. The molecule has 0 aliphatic heterocycles. The lowest BCUT2D eigenvalue weighted by atomic mass is 10.2. The number of carbonyl (C=O) groups is 1. The molecule has 0 spiro atoms. The molecule has 1 atom stereocenters. The van der Waals surface area contributed by atoms with Gasteiger partial charge in [-0.2, -0.15) is 0 Å². The Hall–Kier alpha value is -1.55. The van der Waals surface area contributed by atoms with Crippen LogP contribution in [0.1, 0.15) is 26.7 Å². The highest BCUT2D eigenvalue weighted by Gasteiger charge is 2.25. The number of nitrogens with one attached hydrogen (secondary N) is 2. The van der Waals surface area contributed by atoms with Crippen molar-refractivity contribution >= 4 is 11.6 Å². The van der Waals surface area contributed by atoms with Gasteiger partial charge in [0.1, 0.15) is 5.75 Å². The van der Waals surface area contributed by atoms with Crippen LogP contribution in [0.2, 0.25) is 0 Å². The van der Waals surface area contributed by atoms with Gasteiger partial charge in [0.25, 0.3) is 0 Å². The molecule has 0 bridgehead atoms. The van der Waals surface area contributed by atoms with Gasteiger partial charge in [-0.1, -0.05) is 12.1 Å². The minimum Gasteiger partial charge on any atom is -0.492 e. The molecule has 1 unspecified atom stereocenters. The molecule has 1 fully saturated rings. The summed E-state index contributed by atoms with van der Waals surface area (Å²) in [5.74, 6) is 0.695. The number of para-hydroxylation sites is 2. The first-order valence-electron chi connectivity index (χ1n) is 6.49. The van der Waals surface area contributed by atoms with Crippen LogP contribution in [0.3, 0.4) is 0 Å². The van der Waals surface area contributed by atoms with Crippen LogP contribution in [0.15, 0.2) is 24.3 Å². The van der Waals surface area contributed by atoms with Crippen molar-refractivity contribution in [3.8, 4) is 5.75 Å². The molecule has 0 saturated heterocycles. The van der Waals surface area contributed by atoms with Crippen LogP contribution in [-0.2, 0) is 4.79 Å². The Morgan fingerprint density at radius 1 is 1.44 bits per heavy atom. The van der Waals surface area contributed by atoms with Gasteiger partial charge in [0.05, 0.1) is 18.3 Å². The second-order valence-electron chi connectivity index (χ2n) is 4.58. The number of hydrogen-bond acceptors (Lipinski definition) is 3. The number of hydrogen-bond donors (Lipinski definition) is 2. The number of amides is 1. The zero-order valence-corrected chi connectivity index (χ0v) is 10.9. The van der Waals surface area contributed by atoms with E-state index in [9.17, 15) is 4.79 Å². The van der Waals surface area contributed by atoms with Gasteiger partial charge in [0.15, 0.2) is 0 Å². The number of benzene rings is 1. The molecule has 1 amide bonds. The van der Waals surface area contributed by atoms with E-state index in [1.807, 2.05) is 38.1 Å². The Morgan fingerprint density at radius 2 is 2.17 bits per heavy atom. The Morgan fingerprint density at radius 3 is 2.83 bits per heavy atom. The van der Waals surface area contributed by atoms with Crippen molar-refractivity contribution in [1.82, 2.24) is 5.32 Å². The van der Waals surface area contributed by atoms with Crippen molar-refractivity contribution in [2.24, 2.45) is 0 Å². The average molecular weight is 248 g/mol. The first kappa shape index (κ1) is 12.9. The fourth-order valence-electron chi connectivity index (χ4n) is 1.77. The van der Waals surface area contributed by atoms with Crippen molar-refractivity contribution in [3.05, 3.63) is 24.3 Å². The van der Waals surface area contributed by atoms with Gasteiger partial charge in [0, 0.05) is 6.04 Å². The van der Waals surface area contributed by atoms with Crippen LogP contribution in [0.5, 0.6) is 5.75 Å². The van der Waals surface area contributed by atoms with Gasteiger partial charge in [-0.25, -0.2) is 0 Å². The smallest absolute Gasteiger partial charge is 0.241 e. The van der Waals surface area contributed by atoms with Crippen molar-refractivity contribution in [3.63, 3.8) is 0 Å². The van der Waals surface area contributed by atoms with Crippen LogP contribution in [0.4, 0.5) is 5.69 Å². The number of ether oxygens (including phenoxy) is 1. The molecule has 2 rings (SSSR count). The van der Waals surface area contributed by atoms with Crippen LogP contribution >= 0.6 is 0 Å². The van der Waals surface area contributed by atoms with Crippen LogP contribution in [0, 0.1) is 0 Å². The van der Waals surface area contributed by atoms with E-state index in [0.717, 1.165) is 5.69 Å². The third-order valence-corrected chi connectivity index (χ3v) is 2.90. The highest BCUT2D eigenvalue weighted by Crippen LogP contribution is 2.24. The maximum Gasteiger partial charge on any atom is 0.241 e. The average Bonchev–Trinajstić information content (AvgIpc) is 3.16. The summed E-state index contributed by atoms with van der Waals surface area (Å²) in [5, 5.41) is 6.17. The number of rotatable bonds is 6. The SMILES string of the molecule is CCOc1ccccc1NC(=O)C(C)NC1CC1. The molecule has 2 N–H and O–H groups in total. The van der Waals surface area contributed by atoms with E-state index in [2.05, 4.69) is 10.6 Å². The van der Waals surface area contributed by atoms with E-state index in [0.29, 0.717) is 18.4 Å². The second kappa shape index (κ2) is 5.87. The molecular formula is C14H20N2O2. The molecule has 0 heterocycles. The molecule has 1 aliphatic rings.